The van der Waals surface area contributed by atoms with E-state index in [-0.39, 0.29) is 5.56 Å². The van der Waals surface area contributed by atoms with Gasteiger partial charge in [-0.3, -0.25) is 4.79 Å². The van der Waals surface area contributed by atoms with Crippen molar-refractivity contribution in [1.82, 2.24) is 9.78 Å². The molecule has 1 N–H and O–H groups in total. The van der Waals surface area contributed by atoms with Crippen LogP contribution in [0, 0.1) is 11.8 Å². The molecule has 1 aliphatic carbocycles. The summed E-state index contributed by atoms with van der Waals surface area (Å²) < 4.78 is 1.45. The van der Waals surface area contributed by atoms with E-state index in [0.29, 0.717) is 19.0 Å². The molecular formula is C12H15N3O. The molecule has 1 saturated carbocycles. The summed E-state index contributed by atoms with van der Waals surface area (Å²) in [5.74, 6) is 5.71. The summed E-state index contributed by atoms with van der Waals surface area (Å²) >= 11 is 0. The van der Waals surface area contributed by atoms with Crippen LogP contribution in [0.5, 0.6) is 0 Å². The van der Waals surface area contributed by atoms with Crippen molar-refractivity contribution >= 4 is 5.69 Å². The number of nitrogens with zero attached hydrogens (tertiary/aromatic N) is 2. The average Bonchev–Trinajstić information content (AvgIpc) is 3.05. The molecule has 0 saturated heterocycles. The Balaban J connectivity index is 2.02. The van der Waals surface area contributed by atoms with E-state index in [1.54, 1.807) is 19.2 Å². The first kappa shape index (κ1) is 10.7. The number of anilines is 1. The van der Waals surface area contributed by atoms with Gasteiger partial charge in [0.05, 0.1) is 18.4 Å². The predicted octanol–water partition coefficient (Wildman–Crippen LogP) is 1.23. The van der Waals surface area contributed by atoms with E-state index in [0.717, 1.165) is 5.69 Å². The van der Waals surface area contributed by atoms with Crippen molar-refractivity contribution in [2.45, 2.75) is 38.8 Å². The summed E-state index contributed by atoms with van der Waals surface area (Å²) in [5.41, 5.74) is 0.758. The van der Waals surface area contributed by atoms with Gasteiger partial charge in [-0.1, -0.05) is 0 Å². The highest BCUT2D eigenvalue weighted by Crippen LogP contribution is 2.23. The monoisotopic (exact) mass is 217 g/mol. The third-order valence-corrected chi connectivity index (χ3v) is 2.44. The molecule has 0 radical (unpaired) electrons. The summed E-state index contributed by atoms with van der Waals surface area (Å²) in [7, 11) is 0. The zero-order valence-electron chi connectivity index (χ0n) is 9.36. The SMILES string of the molecule is CC#CCCn1ncc(NC2CC2)cc1=O. The number of nitrogens with one attached hydrogen (secondary N) is 1. The van der Waals surface area contributed by atoms with Crippen molar-refractivity contribution in [3.63, 3.8) is 0 Å². The number of hydrogen-bond acceptors (Lipinski definition) is 3. The normalized spacial score (nSPS) is 14.1. The zero-order chi connectivity index (χ0) is 11.4. The average molecular weight is 217 g/mol. The summed E-state index contributed by atoms with van der Waals surface area (Å²) in [4.78, 5) is 11.6. The molecule has 84 valence electrons. The molecule has 2 rings (SSSR count). The van der Waals surface area contributed by atoms with E-state index in [2.05, 4.69) is 22.3 Å². The molecule has 1 aliphatic rings. The maximum absolute atomic E-state index is 11.6. The largest absolute Gasteiger partial charge is 0.381 e. The first-order chi connectivity index (χ1) is 7.79. The second-order valence-corrected chi connectivity index (χ2v) is 3.90. The van der Waals surface area contributed by atoms with Crippen LogP contribution in [0.3, 0.4) is 0 Å². The fraction of sp³-hybridized carbons (Fsp3) is 0.500. The molecule has 0 amide bonds. The maximum Gasteiger partial charge on any atom is 0.268 e. The van der Waals surface area contributed by atoms with E-state index < -0.39 is 0 Å². The molecule has 1 heterocycles. The Bertz CT molecular complexity index is 477. The fourth-order valence-corrected chi connectivity index (χ4v) is 1.43. The lowest BCUT2D eigenvalue weighted by atomic mass is 10.4. The second-order valence-electron chi connectivity index (χ2n) is 3.90. The number of rotatable bonds is 4. The molecule has 1 aromatic rings. The highest BCUT2D eigenvalue weighted by Gasteiger charge is 2.20. The Morgan fingerprint density at radius 2 is 2.44 bits per heavy atom. The lowest BCUT2D eigenvalue weighted by molar-refractivity contribution is 0.591. The molecular weight excluding hydrogens is 202 g/mol. The fourth-order valence-electron chi connectivity index (χ4n) is 1.43. The molecule has 4 nitrogen and oxygen atoms in total. The first-order valence-electron chi connectivity index (χ1n) is 5.53. The van der Waals surface area contributed by atoms with Crippen LogP contribution < -0.4 is 10.9 Å². The molecule has 1 aromatic heterocycles. The van der Waals surface area contributed by atoms with Gasteiger partial charge in [0.15, 0.2) is 0 Å². The van der Waals surface area contributed by atoms with Crippen molar-refractivity contribution in [2.24, 2.45) is 0 Å². The van der Waals surface area contributed by atoms with Crippen LogP contribution in [0.25, 0.3) is 0 Å². The molecule has 4 heteroatoms. The zero-order valence-corrected chi connectivity index (χ0v) is 9.36. The van der Waals surface area contributed by atoms with E-state index in [1.807, 2.05) is 0 Å². The van der Waals surface area contributed by atoms with Gasteiger partial charge < -0.3 is 5.32 Å². The van der Waals surface area contributed by atoms with Crippen LogP contribution in [-0.4, -0.2) is 15.8 Å². The minimum Gasteiger partial charge on any atom is -0.381 e. The van der Waals surface area contributed by atoms with Crippen LogP contribution in [0.1, 0.15) is 26.2 Å². The van der Waals surface area contributed by atoms with Crippen LogP contribution in [-0.2, 0) is 6.54 Å². The molecule has 0 aromatic carbocycles. The van der Waals surface area contributed by atoms with Crippen LogP contribution in [0.15, 0.2) is 17.1 Å². The third-order valence-electron chi connectivity index (χ3n) is 2.44. The minimum absolute atomic E-state index is 0.0662. The maximum atomic E-state index is 11.6. The van der Waals surface area contributed by atoms with Gasteiger partial charge in [0.1, 0.15) is 0 Å². The Kier molecular flexibility index (Phi) is 3.25. The van der Waals surface area contributed by atoms with Crippen LogP contribution >= 0.6 is 0 Å². The highest BCUT2D eigenvalue weighted by molar-refractivity contribution is 5.41. The van der Waals surface area contributed by atoms with E-state index in [1.165, 1.54) is 17.5 Å². The molecule has 0 unspecified atom stereocenters. The van der Waals surface area contributed by atoms with E-state index in [9.17, 15) is 4.79 Å². The minimum atomic E-state index is -0.0662. The molecule has 1 fully saturated rings. The van der Waals surface area contributed by atoms with Gasteiger partial charge in [0.25, 0.3) is 5.56 Å². The standard InChI is InChI=1S/C12H15N3O/c1-2-3-4-7-15-12(16)8-11(9-13-15)14-10-5-6-10/h8-10,14H,4-7H2,1H3. The summed E-state index contributed by atoms with van der Waals surface area (Å²) in [5, 5.41) is 7.35. The van der Waals surface area contributed by atoms with Crippen molar-refractivity contribution in [3.05, 3.63) is 22.6 Å². The third kappa shape index (κ3) is 2.86. The van der Waals surface area contributed by atoms with Crippen molar-refractivity contribution in [1.29, 1.82) is 0 Å². The predicted molar refractivity (Wildman–Crippen MR) is 63.2 cm³/mol. The Morgan fingerprint density at radius 3 is 3.06 bits per heavy atom. The number of aromatic nitrogens is 2. The van der Waals surface area contributed by atoms with Crippen LogP contribution in [0.4, 0.5) is 5.69 Å². The van der Waals surface area contributed by atoms with Gasteiger partial charge >= 0.3 is 0 Å². The van der Waals surface area contributed by atoms with Crippen molar-refractivity contribution in [2.75, 3.05) is 5.32 Å². The van der Waals surface area contributed by atoms with Crippen molar-refractivity contribution in [3.8, 4) is 11.8 Å². The summed E-state index contributed by atoms with van der Waals surface area (Å²) in [6, 6.07) is 2.15. The molecule has 0 atom stereocenters. The van der Waals surface area contributed by atoms with Crippen molar-refractivity contribution < 1.29 is 0 Å². The molecule has 0 spiro atoms. The van der Waals surface area contributed by atoms with E-state index >= 15 is 0 Å². The smallest absolute Gasteiger partial charge is 0.268 e. The van der Waals surface area contributed by atoms with Gasteiger partial charge in [-0.05, 0) is 19.8 Å². The van der Waals surface area contributed by atoms with Gasteiger partial charge in [0.2, 0.25) is 0 Å². The number of aryl methyl sites for hydroxylation is 1. The van der Waals surface area contributed by atoms with Gasteiger partial charge in [-0.2, -0.15) is 5.10 Å². The molecule has 0 aliphatic heterocycles. The second kappa shape index (κ2) is 4.84. The van der Waals surface area contributed by atoms with Gasteiger partial charge in [0, 0.05) is 18.5 Å². The van der Waals surface area contributed by atoms with Gasteiger partial charge in [-0.25, -0.2) is 4.68 Å². The molecule has 16 heavy (non-hydrogen) atoms. The Morgan fingerprint density at radius 1 is 1.62 bits per heavy atom. The van der Waals surface area contributed by atoms with Gasteiger partial charge in [-0.15, -0.1) is 11.8 Å². The topological polar surface area (TPSA) is 46.9 Å². The summed E-state index contributed by atoms with van der Waals surface area (Å²) in [6.07, 6.45) is 4.75. The number of hydrogen-bond donors (Lipinski definition) is 1. The molecule has 0 bridgehead atoms. The lowest BCUT2D eigenvalue weighted by Crippen LogP contribution is -2.22. The Hall–Kier alpha value is -1.76. The van der Waals surface area contributed by atoms with E-state index in [4.69, 9.17) is 0 Å². The first-order valence-corrected chi connectivity index (χ1v) is 5.53. The Labute approximate surface area is 94.7 Å². The van der Waals surface area contributed by atoms with Crippen LogP contribution in [0.2, 0.25) is 0 Å². The summed E-state index contributed by atoms with van der Waals surface area (Å²) in [6.45, 7) is 2.35. The quantitative estimate of drug-likeness (QED) is 0.772. The highest BCUT2D eigenvalue weighted by atomic mass is 16.1. The lowest BCUT2D eigenvalue weighted by Gasteiger charge is -2.05.